The molecule has 1 aliphatic heterocycles. The van der Waals surface area contributed by atoms with Crippen molar-refractivity contribution < 1.29 is 23.9 Å². The van der Waals surface area contributed by atoms with Crippen LogP contribution in [0.2, 0.25) is 0 Å². The Morgan fingerprint density at radius 1 is 1.19 bits per heavy atom. The number of anilines is 1. The van der Waals surface area contributed by atoms with Gasteiger partial charge in [0.1, 0.15) is 5.75 Å². The molecule has 31 heavy (non-hydrogen) atoms. The van der Waals surface area contributed by atoms with Crippen LogP contribution < -0.4 is 20.7 Å². The topological polar surface area (TPSA) is 109 Å². The van der Waals surface area contributed by atoms with Gasteiger partial charge in [0.15, 0.2) is 0 Å². The number of amides is 3. The van der Waals surface area contributed by atoms with Crippen molar-refractivity contribution in [1.29, 1.82) is 0 Å². The van der Waals surface area contributed by atoms with Crippen LogP contribution in [0.4, 0.5) is 10.5 Å². The van der Waals surface area contributed by atoms with E-state index >= 15 is 0 Å². The SMILES string of the molecule is CCCN(CC(=O)Nc1ccccc1OC)CC1=C(C(=O)OCC)C(CC)NC(=O)N1. The molecule has 3 amide bonds. The van der Waals surface area contributed by atoms with Crippen molar-refractivity contribution in [3.8, 4) is 5.75 Å². The standard InChI is InChI=1S/C22H32N4O5/c1-5-12-26(14-19(27)23-16-10-8-9-11-18(16)30-4)13-17-20(21(28)31-7-3)15(6-2)24-22(29)25-17/h8-11,15H,5-7,12-14H2,1-4H3,(H,23,27)(H2,24,25,29). The summed E-state index contributed by atoms with van der Waals surface area (Å²) in [6, 6.07) is 6.37. The lowest BCUT2D eigenvalue weighted by atomic mass is 10.00. The smallest absolute Gasteiger partial charge is 0.337 e. The Bertz CT molecular complexity index is 824. The van der Waals surface area contributed by atoms with Gasteiger partial charge in [-0.05, 0) is 38.4 Å². The van der Waals surface area contributed by atoms with E-state index in [9.17, 15) is 14.4 Å². The zero-order valence-corrected chi connectivity index (χ0v) is 18.6. The van der Waals surface area contributed by atoms with Crippen molar-refractivity contribution in [3.05, 3.63) is 35.5 Å². The van der Waals surface area contributed by atoms with E-state index in [0.29, 0.717) is 35.7 Å². The van der Waals surface area contributed by atoms with Crippen LogP contribution >= 0.6 is 0 Å². The molecular weight excluding hydrogens is 400 g/mol. The fraction of sp³-hybridized carbons (Fsp3) is 0.500. The molecule has 1 aliphatic rings. The molecule has 1 aromatic rings. The molecule has 3 N–H and O–H groups in total. The first-order valence-electron chi connectivity index (χ1n) is 10.6. The lowest BCUT2D eigenvalue weighted by Gasteiger charge is -2.31. The van der Waals surface area contributed by atoms with Crippen molar-refractivity contribution in [2.45, 2.75) is 39.7 Å². The zero-order chi connectivity index (χ0) is 22.8. The van der Waals surface area contributed by atoms with E-state index in [4.69, 9.17) is 9.47 Å². The Hall–Kier alpha value is -3.07. The van der Waals surface area contributed by atoms with E-state index in [1.807, 2.05) is 30.9 Å². The van der Waals surface area contributed by atoms with E-state index in [2.05, 4.69) is 16.0 Å². The van der Waals surface area contributed by atoms with Crippen LogP contribution in [0.5, 0.6) is 5.75 Å². The third-order valence-electron chi connectivity index (χ3n) is 4.82. The molecule has 9 heteroatoms. The number of rotatable bonds is 11. The Morgan fingerprint density at radius 2 is 1.94 bits per heavy atom. The van der Waals surface area contributed by atoms with Crippen molar-refractivity contribution >= 4 is 23.6 Å². The van der Waals surface area contributed by atoms with Crippen LogP contribution in [0.1, 0.15) is 33.6 Å². The Balaban J connectivity index is 2.21. The van der Waals surface area contributed by atoms with Gasteiger partial charge in [-0.1, -0.05) is 26.0 Å². The summed E-state index contributed by atoms with van der Waals surface area (Å²) < 4.78 is 10.5. The number of benzene rings is 1. The summed E-state index contributed by atoms with van der Waals surface area (Å²) in [6.07, 6.45) is 1.35. The molecule has 1 heterocycles. The molecule has 1 aromatic carbocycles. The maximum atomic E-state index is 12.7. The number of hydrogen-bond acceptors (Lipinski definition) is 6. The predicted octanol–water partition coefficient (Wildman–Crippen LogP) is 2.25. The fourth-order valence-electron chi connectivity index (χ4n) is 3.48. The average molecular weight is 433 g/mol. The fourth-order valence-corrected chi connectivity index (χ4v) is 3.48. The molecule has 0 saturated heterocycles. The molecular formula is C22H32N4O5. The summed E-state index contributed by atoms with van der Waals surface area (Å²) in [4.78, 5) is 39.3. The first-order valence-corrected chi connectivity index (χ1v) is 10.6. The van der Waals surface area contributed by atoms with Gasteiger partial charge in [-0.25, -0.2) is 9.59 Å². The Kier molecular flexibility index (Phi) is 9.33. The van der Waals surface area contributed by atoms with Gasteiger partial charge in [0.2, 0.25) is 5.91 Å². The summed E-state index contributed by atoms with van der Waals surface area (Å²) in [7, 11) is 1.54. The average Bonchev–Trinajstić information content (AvgIpc) is 2.73. The van der Waals surface area contributed by atoms with Crippen LogP contribution in [0, 0.1) is 0 Å². The molecule has 0 aromatic heterocycles. The molecule has 0 radical (unpaired) electrons. The molecule has 1 atom stereocenters. The summed E-state index contributed by atoms with van der Waals surface area (Å²) in [5.41, 5.74) is 1.45. The van der Waals surface area contributed by atoms with Crippen molar-refractivity contribution in [2.24, 2.45) is 0 Å². The Morgan fingerprint density at radius 3 is 2.58 bits per heavy atom. The number of nitrogens with one attached hydrogen (secondary N) is 3. The third-order valence-corrected chi connectivity index (χ3v) is 4.82. The third kappa shape index (κ3) is 6.71. The lowest BCUT2D eigenvalue weighted by molar-refractivity contribution is -0.139. The highest BCUT2D eigenvalue weighted by Gasteiger charge is 2.32. The molecule has 0 fully saturated rings. The minimum atomic E-state index is -0.466. The van der Waals surface area contributed by atoms with Gasteiger partial charge in [0, 0.05) is 12.2 Å². The van der Waals surface area contributed by atoms with Gasteiger partial charge in [-0.15, -0.1) is 0 Å². The van der Waals surface area contributed by atoms with Crippen molar-refractivity contribution in [3.63, 3.8) is 0 Å². The lowest BCUT2D eigenvalue weighted by Crippen LogP contribution is -2.52. The predicted molar refractivity (Wildman–Crippen MR) is 118 cm³/mol. The van der Waals surface area contributed by atoms with E-state index in [-0.39, 0.29) is 31.6 Å². The highest BCUT2D eigenvalue weighted by molar-refractivity contribution is 5.95. The van der Waals surface area contributed by atoms with Crippen LogP contribution in [0.25, 0.3) is 0 Å². The second-order valence-electron chi connectivity index (χ2n) is 7.13. The number of urea groups is 1. The maximum absolute atomic E-state index is 12.7. The summed E-state index contributed by atoms with van der Waals surface area (Å²) >= 11 is 0. The van der Waals surface area contributed by atoms with E-state index in [0.717, 1.165) is 6.42 Å². The quantitative estimate of drug-likeness (QED) is 0.463. The number of methoxy groups -OCH3 is 1. The molecule has 170 valence electrons. The minimum absolute atomic E-state index is 0.0889. The van der Waals surface area contributed by atoms with Crippen LogP contribution in [0.3, 0.4) is 0 Å². The first kappa shape index (κ1) is 24.2. The van der Waals surface area contributed by atoms with Gasteiger partial charge in [0.25, 0.3) is 0 Å². The van der Waals surface area contributed by atoms with Crippen LogP contribution in [-0.2, 0) is 14.3 Å². The normalized spacial score (nSPS) is 15.9. The number of ether oxygens (including phenoxy) is 2. The second-order valence-corrected chi connectivity index (χ2v) is 7.13. The van der Waals surface area contributed by atoms with Crippen LogP contribution in [-0.4, -0.2) is 62.2 Å². The highest BCUT2D eigenvalue weighted by atomic mass is 16.5. The minimum Gasteiger partial charge on any atom is -0.495 e. The largest absolute Gasteiger partial charge is 0.495 e. The molecule has 1 unspecified atom stereocenters. The van der Waals surface area contributed by atoms with E-state index < -0.39 is 12.0 Å². The van der Waals surface area contributed by atoms with Gasteiger partial charge >= 0.3 is 12.0 Å². The van der Waals surface area contributed by atoms with Crippen molar-refractivity contribution in [2.75, 3.05) is 38.7 Å². The first-order chi connectivity index (χ1) is 14.9. The molecule has 0 aliphatic carbocycles. The number of carbonyl (C=O) groups excluding carboxylic acids is 3. The monoisotopic (exact) mass is 432 g/mol. The van der Waals surface area contributed by atoms with Crippen LogP contribution in [0.15, 0.2) is 35.5 Å². The molecule has 0 saturated carbocycles. The highest BCUT2D eigenvalue weighted by Crippen LogP contribution is 2.23. The van der Waals surface area contributed by atoms with Gasteiger partial charge < -0.3 is 25.4 Å². The van der Waals surface area contributed by atoms with Crippen molar-refractivity contribution in [1.82, 2.24) is 15.5 Å². The number of hydrogen-bond donors (Lipinski definition) is 3. The number of para-hydroxylation sites is 2. The summed E-state index contributed by atoms with van der Waals surface area (Å²) in [5.74, 6) is -0.114. The Labute approximate surface area is 183 Å². The van der Waals surface area contributed by atoms with E-state index in [1.165, 1.54) is 0 Å². The molecule has 0 spiro atoms. The molecule has 2 rings (SSSR count). The van der Waals surface area contributed by atoms with E-state index in [1.54, 1.807) is 26.2 Å². The number of nitrogens with zero attached hydrogens (tertiary/aromatic N) is 1. The van der Waals surface area contributed by atoms with Gasteiger partial charge in [-0.2, -0.15) is 0 Å². The summed E-state index contributed by atoms with van der Waals surface area (Å²) in [5, 5.41) is 8.35. The zero-order valence-electron chi connectivity index (χ0n) is 18.6. The molecule has 0 bridgehead atoms. The summed E-state index contributed by atoms with van der Waals surface area (Å²) in [6.45, 7) is 6.80. The number of carbonyl (C=O) groups is 3. The maximum Gasteiger partial charge on any atom is 0.337 e. The molecule has 9 nitrogen and oxygen atoms in total. The van der Waals surface area contributed by atoms with Gasteiger partial charge in [-0.3, -0.25) is 9.69 Å². The number of esters is 1. The second kappa shape index (κ2) is 11.9. The van der Waals surface area contributed by atoms with Gasteiger partial charge in [0.05, 0.1) is 37.6 Å².